The third-order valence-electron chi connectivity index (χ3n) is 3.29. The first-order chi connectivity index (χ1) is 9.54. The van der Waals surface area contributed by atoms with Crippen LogP contribution in [0.4, 0.5) is 5.69 Å². The van der Waals surface area contributed by atoms with E-state index in [-0.39, 0.29) is 29.5 Å². The second-order valence-corrected chi connectivity index (χ2v) is 4.74. The molecule has 20 heavy (non-hydrogen) atoms. The number of rotatable bonds is 5. The Morgan fingerprint density at radius 2 is 2.10 bits per heavy atom. The highest BCUT2D eigenvalue weighted by molar-refractivity contribution is 5.98. The summed E-state index contributed by atoms with van der Waals surface area (Å²) in [5, 5.41) is 0. The van der Waals surface area contributed by atoms with Crippen molar-refractivity contribution in [3.63, 3.8) is 0 Å². The fourth-order valence-electron chi connectivity index (χ4n) is 1.90. The first-order valence-corrected chi connectivity index (χ1v) is 6.40. The van der Waals surface area contributed by atoms with Crippen LogP contribution >= 0.6 is 0 Å². The SMILES string of the molecule is COC(=O)c1c(N)cccc1OCC(=O)N(C)C1CC1. The van der Waals surface area contributed by atoms with E-state index in [0.29, 0.717) is 6.04 Å². The third-order valence-corrected chi connectivity index (χ3v) is 3.29. The molecule has 1 fully saturated rings. The van der Waals surface area contributed by atoms with Gasteiger partial charge in [0.1, 0.15) is 11.3 Å². The molecular weight excluding hydrogens is 260 g/mol. The summed E-state index contributed by atoms with van der Waals surface area (Å²) in [7, 11) is 3.02. The van der Waals surface area contributed by atoms with Gasteiger partial charge in [-0.15, -0.1) is 0 Å². The predicted molar refractivity (Wildman–Crippen MR) is 73.5 cm³/mol. The molecule has 0 saturated heterocycles. The maximum Gasteiger partial charge on any atom is 0.343 e. The minimum Gasteiger partial charge on any atom is -0.483 e. The van der Waals surface area contributed by atoms with E-state index < -0.39 is 5.97 Å². The van der Waals surface area contributed by atoms with E-state index in [0.717, 1.165) is 12.8 Å². The van der Waals surface area contributed by atoms with Crippen molar-refractivity contribution in [1.29, 1.82) is 0 Å². The van der Waals surface area contributed by atoms with Gasteiger partial charge in [-0.05, 0) is 25.0 Å². The lowest BCUT2D eigenvalue weighted by molar-refractivity contribution is -0.132. The maximum atomic E-state index is 11.9. The molecule has 1 aliphatic carbocycles. The van der Waals surface area contributed by atoms with Crippen LogP contribution in [0.15, 0.2) is 18.2 Å². The minimum atomic E-state index is -0.582. The first-order valence-electron chi connectivity index (χ1n) is 6.40. The van der Waals surface area contributed by atoms with E-state index in [1.165, 1.54) is 7.11 Å². The zero-order valence-corrected chi connectivity index (χ0v) is 11.6. The molecule has 2 rings (SSSR count). The molecule has 2 N–H and O–H groups in total. The number of hydrogen-bond acceptors (Lipinski definition) is 5. The largest absolute Gasteiger partial charge is 0.483 e. The van der Waals surface area contributed by atoms with Crippen LogP contribution in [0.1, 0.15) is 23.2 Å². The molecular formula is C14H18N2O4. The lowest BCUT2D eigenvalue weighted by Crippen LogP contribution is -2.33. The average molecular weight is 278 g/mol. The number of nitrogens with zero attached hydrogens (tertiary/aromatic N) is 1. The van der Waals surface area contributed by atoms with Gasteiger partial charge in [-0.3, -0.25) is 4.79 Å². The molecule has 1 aromatic rings. The summed E-state index contributed by atoms with van der Waals surface area (Å²) < 4.78 is 10.1. The number of anilines is 1. The van der Waals surface area contributed by atoms with E-state index in [9.17, 15) is 9.59 Å². The summed E-state index contributed by atoms with van der Waals surface area (Å²) in [6, 6.07) is 5.16. The normalized spacial score (nSPS) is 13.7. The molecule has 1 saturated carbocycles. The molecule has 0 aromatic heterocycles. The fourth-order valence-corrected chi connectivity index (χ4v) is 1.90. The highest BCUT2D eigenvalue weighted by Crippen LogP contribution is 2.27. The van der Waals surface area contributed by atoms with E-state index in [1.807, 2.05) is 0 Å². The van der Waals surface area contributed by atoms with Gasteiger partial charge in [0.2, 0.25) is 0 Å². The monoisotopic (exact) mass is 278 g/mol. The number of ether oxygens (including phenoxy) is 2. The Labute approximate surface area is 117 Å². The molecule has 0 radical (unpaired) electrons. The topological polar surface area (TPSA) is 81.9 Å². The number of methoxy groups -OCH3 is 1. The van der Waals surface area contributed by atoms with Gasteiger partial charge in [0.25, 0.3) is 5.91 Å². The zero-order chi connectivity index (χ0) is 14.7. The van der Waals surface area contributed by atoms with Crippen LogP contribution in [0.5, 0.6) is 5.75 Å². The van der Waals surface area contributed by atoms with Crippen LogP contribution in [-0.4, -0.2) is 43.6 Å². The lowest BCUT2D eigenvalue weighted by Gasteiger charge is -2.17. The molecule has 1 aliphatic rings. The summed E-state index contributed by atoms with van der Waals surface area (Å²) in [6.07, 6.45) is 2.07. The van der Waals surface area contributed by atoms with Gasteiger partial charge in [0.05, 0.1) is 7.11 Å². The van der Waals surface area contributed by atoms with Gasteiger partial charge < -0.3 is 20.1 Å². The molecule has 0 unspecified atom stereocenters. The minimum absolute atomic E-state index is 0.120. The van der Waals surface area contributed by atoms with Crippen molar-refractivity contribution >= 4 is 17.6 Å². The molecule has 0 atom stereocenters. The number of esters is 1. The van der Waals surface area contributed by atoms with E-state index in [1.54, 1.807) is 30.1 Å². The number of likely N-dealkylation sites (N-methyl/N-ethyl adjacent to an activating group) is 1. The Balaban J connectivity index is 2.07. The van der Waals surface area contributed by atoms with Crippen LogP contribution < -0.4 is 10.5 Å². The molecule has 1 amide bonds. The van der Waals surface area contributed by atoms with Crippen molar-refractivity contribution < 1.29 is 19.1 Å². The molecule has 0 spiro atoms. The van der Waals surface area contributed by atoms with Gasteiger partial charge in [-0.25, -0.2) is 4.79 Å². The molecule has 6 heteroatoms. The zero-order valence-electron chi connectivity index (χ0n) is 11.6. The second kappa shape index (κ2) is 5.81. The highest BCUT2D eigenvalue weighted by Gasteiger charge is 2.29. The van der Waals surface area contributed by atoms with Gasteiger partial charge in [-0.1, -0.05) is 6.07 Å². The fraction of sp³-hybridized carbons (Fsp3) is 0.429. The van der Waals surface area contributed by atoms with E-state index in [2.05, 4.69) is 4.74 Å². The summed E-state index contributed by atoms with van der Waals surface area (Å²) in [5.41, 5.74) is 6.16. The number of benzene rings is 1. The number of amides is 1. The van der Waals surface area contributed by atoms with Crippen LogP contribution in [0.25, 0.3) is 0 Å². The van der Waals surface area contributed by atoms with Gasteiger partial charge in [0.15, 0.2) is 6.61 Å². The quantitative estimate of drug-likeness (QED) is 0.643. The molecule has 0 bridgehead atoms. The van der Waals surface area contributed by atoms with Gasteiger partial charge in [0, 0.05) is 18.8 Å². The Bertz CT molecular complexity index is 526. The van der Waals surface area contributed by atoms with E-state index >= 15 is 0 Å². The van der Waals surface area contributed by atoms with Crippen LogP contribution in [0.3, 0.4) is 0 Å². The highest BCUT2D eigenvalue weighted by atomic mass is 16.5. The first kappa shape index (κ1) is 14.2. The average Bonchev–Trinajstić information content (AvgIpc) is 3.27. The molecule has 0 heterocycles. The Morgan fingerprint density at radius 1 is 1.40 bits per heavy atom. The second-order valence-electron chi connectivity index (χ2n) is 4.74. The smallest absolute Gasteiger partial charge is 0.343 e. The summed E-state index contributed by atoms with van der Waals surface area (Å²) in [4.78, 5) is 25.2. The summed E-state index contributed by atoms with van der Waals surface area (Å²) >= 11 is 0. The van der Waals surface area contributed by atoms with Crippen LogP contribution in [-0.2, 0) is 9.53 Å². The Morgan fingerprint density at radius 3 is 2.70 bits per heavy atom. The van der Waals surface area contributed by atoms with Crippen molar-refractivity contribution in [3.8, 4) is 5.75 Å². The standard InChI is InChI=1S/C14H18N2O4/c1-16(9-6-7-9)12(17)8-20-11-5-3-4-10(15)13(11)14(18)19-2/h3-5,9H,6-8,15H2,1-2H3. The molecule has 1 aromatic carbocycles. The number of nitrogens with two attached hydrogens (primary N) is 1. The van der Waals surface area contributed by atoms with Crippen molar-refractivity contribution in [2.24, 2.45) is 0 Å². The molecule has 108 valence electrons. The van der Waals surface area contributed by atoms with E-state index in [4.69, 9.17) is 10.5 Å². The number of carbonyl (C=O) groups is 2. The number of carbonyl (C=O) groups excluding carboxylic acids is 2. The Hall–Kier alpha value is -2.24. The maximum absolute atomic E-state index is 11.9. The third kappa shape index (κ3) is 3.01. The molecule has 0 aliphatic heterocycles. The summed E-state index contributed by atoms with van der Waals surface area (Å²) in [5.74, 6) is -0.443. The van der Waals surface area contributed by atoms with Crippen molar-refractivity contribution in [2.45, 2.75) is 18.9 Å². The molecule has 6 nitrogen and oxygen atoms in total. The van der Waals surface area contributed by atoms with Crippen LogP contribution in [0, 0.1) is 0 Å². The predicted octanol–water partition coefficient (Wildman–Crippen LogP) is 1.05. The Kier molecular flexibility index (Phi) is 4.12. The van der Waals surface area contributed by atoms with Crippen LogP contribution in [0.2, 0.25) is 0 Å². The van der Waals surface area contributed by atoms with Gasteiger partial charge >= 0.3 is 5.97 Å². The lowest BCUT2D eigenvalue weighted by atomic mass is 10.1. The van der Waals surface area contributed by atoms with Crippen molar-refractivity contribution in [3.05, 3.63) is 23.8 Å². The number of nitrogen functional groups attached to an aromatic ring is 1. The van der Waals surface area contributed by atoms with Crippen molar-refractivity contribution in [1.82, 2.24) is 4.90 Å². The van der Waals surface area contributed by atoms with Crippen molar-refractivity contribution in [2.75, 3.05) is 26.5 Å². The summed E-state index contributed by atoms with van der Waals surface area (Å²) in [6.45, 7) is -0.125. The number of hydrogen-bond donors (Lipinski definition) is 1. The van der Waals surface area contributed by atoms with Gasteiger partial charge in [-0.2, -0.15) is 0 Å².